The van der Waals surface area contributed by atoms with Crippen LogP contribution in [0.3, 0.4) is 0 Å². The van der Waals surface area contributed by atoms with Crippen LogP contribution in [0, 0.1) is 0 Å². The second-order valence-corrected chi connectivity index (χ2v) is 12.1. The summed E-state index contributed by atoms with van der Waals surface area (Å²) in [6.07, 6.45) is 3.79. The Morgan fingerprint density at radius 3 is 1.11 bits per heavy atom. The van der Waals surface area contributed by atoms with E-state index in [-0.39, 0.29) is 11.8 Å². The maximum Gasteiger partial charge on any atom is 0.281 e. The van der Waals surface area contributed by atoms with Gasteiger partial charge in [-0.05, 0) is 61.8 Å². The van der Waals surface area contributed by atoms with Gasteiger partial charge >= 0.3 is 0 Å². The third-order valence-electron chi connectivity index (χ3n) is 7.79. The minimum atomic E-state index is -1.18. The van der Waals surface area contributed by atoms with Gasteiger partial charge in [0.2, 0.25) is 0 Å². The Hall–Kier alpha value is -4.54. The van der Waals surface area contributed by atoms with Gasteiger partial charge in [-0.25, -0.2) is 9.98 Å². The van der Waals surface area contributed by atoms with Crippen LogP contribution in [0.2, 0.25) is 0 Å². The van der Waals surface area contributed by atoms with Crippen molar-refractivity contribution in [1.82, 2.24) is 10.0 Å². The lowest BCUT2D eigenvalue weighted by Gasteiger charge is -2.46. The highest BCUT2D eigenvalue weighted by Crippen LogP contribution is 2.42. The first-order chi connectivity index (χ1) is 21.3. The summed E-state index contributed by atoms with van der Waals surface area (Å²) in [6.45, 7) is 3.67. The number of amidine groups is 2. The molecule has 4 aromatic rings. The van der Waals surface area contributed by atoms with Gasteiger partial charge in [0.1, 0.15) is 0 Å². The van der Waals surface area contributed by atoms with E-state index in [1.165, 1.54) is 23.5 Å². The van der Waals surface area contributed by atoms with Crippen LogP contribution in [-0.4, -0.2) is 44.7 Å². The highest BCUT2D eigenvalue weighted by atomic mass is 32.2. The second kappa shape index (κ2) is 11.9. The maximum atomic E-state index is 14.7. The number of nitrogens with zero attached hydrogens (tertiary/aromatic N) is 6. The number of amides is 2. The summed E-state index contributed by atoms with van der Waals surface area (Å²) >= 11 is 2.74. The molecule has 2 unspecified atom stereocenters. The number of hydrogen-bond acceptors (Lipinski definition) is 8. The smallest absolute Gasteiger partial charge is 0.269 e. The van der Waals surface area contributed by atoms with Crippen molar-refractivity contribution in [2.75, 3.05) is 22.7 Å². The van der Waals surface area contributed by atoms with Crippen LogP contribution in [0.25, 0.3) is 0 Å². The van der Waals surface area contributed by atoms with E-state index >= 15 is 0 Å². The molecule has 44 heavy (non-hydrogen) atoms. The van der Waals surface area contributed by atoms with Gasteiger partial charge in [-0.1, -0.05) is 121 Å². The van der Waals surface area contributed by atoms with E-state index in [1.54, 1.807) is 20.3 Å². The van der Waals surface area contributed by atoms with E-state index in [0.717, 1.165) is 11.1 Å². The van der Waals surface area contributed by atoms with E-state index in [0.29, 0.717) is 21.7 Å². The Kier molecular flexibility index (Phi) is 7.96. The molecule has 0 saturated heterocycles. The molecule has 0 fully saturated rings. The lowest BCUT2D eigenvalue weighted by Crippen LogP contribution is -2.65. The van der Waals surface area contributed by atoms with Gasteiger partial charge in [0.15, 0.2) is 21.4 Å². The van der Waals surface area contributed by atoms with Gasteiger partial charge in [-0.15, -0.1) is 0 Å². The molecule has 0 bridgehead atoms. The number of rotatable bonds is 7. The Bertz CT molecular complexity index is 1590. The average Bonchev–Trinajstić information content (AvgIpc) is 3.50. The zero-order valence-corrected chi connectivity index (χ0v) is 26.5. The molecule has 0 saturated carbocycles. The number of para-hydroxylation sites is 2. The molecule has 222 valence electrons. The first-order valence-electron chi connectivity index (χ1n) is 14.1. The summed E-state index contributed by atoms with van der Waals surface area (Å²) in [5.41, 5.74) is 0.505. The maximum absolute atomic E-state index is 14.7. The predicted octanol–water partition coefficient (Wildman–Crippen LogP) is 6.70. The van der Waals surface area contributed by atoms with Crippen molar-refractivity contribution in [3.63, 3.8) is 0 Å². The molecule has 0 N–H and O–H groups in total. The van der Waals surface area contributed by atoms with Crippen molar-refractivity contribution in [2.24, 2.45) is 9.98 Å². The van der Waals surface area contributed by atoms with Crippen LogP contribution in [0.4, 0.5) is 11.4 Å². The molecule has 0 spiro atoms. The van der Waals surface area contributed by atoms with Crippen molar-refractivity contribution in [3.05, 3.63) is 132 Å². The molecule has 2 aliphatic heterocycles. The highest BCUT2D eigenvalue weighted by molar-refractivity contribution is 8.13. The standard InChI is InChI=1S/C34H32N6O2S2/c1-33(25-17-9-5-10-18-25)29(41)37(31(35-33)43-3)39(27-21-13-7-14-22-27)40(28-23-15-8-16-24-28)38-30(42)34(2,36-32(38)44-4)26-19-11-6-12-20-26/h5-24H,1-4H3. The Balaban J connectivity index is 1.57. The van der Waals surface area contributed by atoms with Crippen LogP contribution >= 0.6 is 23.5 Å². The predicted molar refractivity (Wildman–Crippen MR) is 181 cm³/mol. The number of anilines is 2. The summed E-state index contributed by atoms with van der Waals surface area (Å²) < 4.78 is 0. The van der Waals surface area contributed by atoms with Crippen molar-refractivity contribution in [1.29, 1.82) is 0 Å². The van der Waals surface area contributed by atoms with E-state index in [4.69, 9.17) is 9.98 Å². The molecule has 4 aromatic carbocycles. The summed E-state index contributed by atoms with van der Waals surface area (Å²) in [6, 6.07) is 38.2. The first-order valence-corrected chi connectivity index (χ1v) is 16.6. The van der Waals surface area contributed by atoms with Crippen LogP contribution < -0.4 is 10.2 Å². The molecule has 2 aliphatic rings. The van der Waals surface area contributed by atoms with Crippen LogP contribution in [0.1, 0.15) is 25.0 Å². The Morgan fingerprint density at radius 2 is 0.818 bits per heavy atom. The molecule has 0 aliphatic carbocycles. The number of benzene rings is 4. The van der Waals surface area contributed by atoms with E-state index in [2.05, 4.69) is 0 Å². The van der Waals surface area contributed by atoms with Crippen molar-refractivity contribution in [2.45, 2.75) is 24.9 Å². The molecule has 2 amide bonds. The third kappa shape index (κ3) is 4.84. The normalized spacial score (nSPS) is 21.4. The molecular weight excluding hydrogens is 589 g/mol. The van der Waals surface area contributed by atoms with Gasteiger partial charge in [-0.3, -0.25) is 9.59 Å². The van der Waals surface area contributed by atoms with Crippen LogP contribution in [0.5, 0.6) is 0 Å². The molecule has 2 atom stereocenters. The molecule has 0 aromatic heterocycles. The SMILES string of the molecule is CSC1=NC(C)(c2ccccc2)C(=O)N1N(c1ccccc1)N(c1ccccc1)N1C(=O)C(C)(c2ccccc2)N=C1SC. The van der Waals surface area contributed by atoms with Crippen LogP contribution in [-0.2, 0) is 20.7 Å². The Morgan fingerprint density at radius 1 is 0.523 bits per heavy atom. The lowest BCUT2D eigenvalue weighted by atomic mass is 9.92. The number of hydrazine groups is 3. The van der Waals surface area contributed by atoms with Crippen molar-refractivity contribution < 1.29 is 9.59 Å². The fraction of sp³-hybridized carbons (Fsp3) is 0.176. The number of thioether (sulfide) groups is 2. The monoisotopic (exact) mass is 620 g/mol. The van der Waals surface area contributed by atoms with Crippen LogP contribution in [0.15, 0.2) is 131 Å². The first kappa shape index (κ1) is 29.5. The minimum Gasteiger partial charge on any atom is -0.269 e. The molecule has 0 radical (unpaired) electrons. The summed E-state index contributed by atoms with van der Waals surface area (Å²) in [7, 11) is 0. The molecular formula is C34H32N6O2S2. The van der Waals surface area contributed by atoms with Gasteiger partial charge in [-0.2, -0.15) is 20.3 Å². The fourth-order valence-corrected chi connectivity index (χ4v) is 6.61. The van der Waals surface area contributed by atoms with E-state index in [9.17, 15) is 9.59 Å². The fourth-order valence-electron chi connectivity index (χ4n) is 5.40. The van der Waals surface area contributed by atoms with Gasteiger partial charge < -0.3 is 0 Å². The molecule has 10 heteroatoms. The molecule has 2 heterocycles. The summed E-state index contributed by atoms with van der Waals surface area (Å²) in [5.74, 6) is -0.504. The second-order valence-electron chi connectivity index (χ2n) is 10.6. The van der Waals surface area contributed by atoms with Crippen molar-refractivity contribution in [3.8, 4) is 0 Å². The number of hydrogen-bond donors (Lipinski definition) is 0. The van der Waals surface area contributed by atoms with Gasteiger partial charge in [0, 0.05) is 0 Å². The molecule has 6 rings (SSSR count). The van der Waals surface area contributed by atoms with E-state index < -0.39 is 11.1 Å². The largest absolute Gasteiger partial charge is 0.281 e. The Labute approximate surface area is 266 Å². The van der Waals surface area contributed by atoms with Gasteiger partial charge in [0.25, 0.3) is 11.8 Å². The lowest BCUT2D eigenvalue weighted by molar-refractivity contribution is -0.135. The number of aliphatic imine (C=N–C) groups is 2. The number of carbonyl (C=O) groups is 2. The minimum absolute atomic E-state index is 0.252. The third-order valence-corrected chi connectivity index (χ3v) is 9.05. The van der Waals surface area contributed by atoms with Gasteiger partial charge in [0.05, 0.1) is 11.4 Å². The average molecular weight is 621 g/mol. The zero-order chi connectivity index (χ0) is 30.9. The highest BCUT2D eigenvalue weighted by Gasteiger charge is 2.54. The summed E-state index contributed by atoms with van der Waals surface area (Å²) in [4.78, 5) is 39.5. The number of carbonyl (C=O) groups excluding carboxylic acids is 2. The summed E-state index contributed by atoms with van der Waals surface area (Å²) in [5, 5.41) is 7.60. The topological polar surface area (TPSA) is 71.8 Å². The zero-order valence-electron chi connectivity index (χ0n) is 24.9. The quantitative estimate of drug-likeness (QED) is 0.214. The van der Waals surface area contributed by atoms with E-state index in [1.807, 2.05) is 148 Å². The molecule has 8 nitrogen and oxygen atoms in total. The van der Waals surface area contributed by atoms with Crippen molar-refractivity contribution >= 4 is 57.0 Å².